The Hall–Kier alpha value is -2.40. The van der Waals surface area contributed by atoms with Crippen LogP contribution in [0.2, 0.25) is 0 Å². The summed E-state index contributed by atoms with van der Waals surface area (Å²) < 4.78 is 24.7. The lowest BCUT2D eigenvalue weighted by atomic mass is 10.0. The summed E-state index contributed by atoms with van der Waals surface area (Å²) in [6.07, 6.45) is 0.705. The predicted molar refractivity (Wildman–Crippen MR) is 89.3 cm³/mol. The lowest BCUT2D eigenvalue weighted by Gasteiger charge is -2.12. The van der Waals surface area contributed by atoms with Gasteiger partial charge in [0.05, 0.1) is 11.1 Å². The van der Waals surface area contributed by atoms with Crippen molar-refractivity contribution in [2.75, 3.05) is 6.61 Å². The molecule has 0 atom stereocenters. The summed E-state index contributed by atoms with van der Waals surface area (Å²) in [5.41, 5.74) is 1.57. The van der Waals surface area contributed by atoms with Crippen LogP contribution in [0.25, 0.3) is 11.3 Å². The van der Waals surface area contributed by atoms with Gasteiger partial charge in [-0.15, -0.1) is 0 Å². The number of hydrogen-bond donors (Lipinski definition) is 0. The fraction of sp³-hybridized carbons (Fsp3) is 0.0556. The number of carbonyl (C=O) groups excluding carboxylic acids is 1. The number of benzene rings is 2. The largest absolute Gasteiger partial charge is 0.485 e. The van der Waals surface area contributed by atoms with Gasteiger partial charge in [0.1, 0.15) is 29.7 Å². The molecule has 2 aromatic carbocycles. The molecule has 0 saturated heterocycles. The van der Waals surface area contributed by atoms with E-state index in [9.17, 15) is 9.18 Å². The molecule has 5 heteroatoms. The smallest absolute Gasteiger partial charge is 0.154 e. The summed E-state index contributed by atoms with van der Waals surface area (Å²) in [5, 5.41) is 0. The SMILES string of the molecule is O=C/C(=C1/O/C(=C\Br)COc2ccccc21)c1ccc(F)cc1. The molecule has 0 bridgehead atoms. The Labute approximate surface area is 141 Å². The molecule has 1 heterocycles. The maximum atomic E-state index is 13.1. The van der Waals surface area contributed by atoms with E-state index in [-0.39, 0.29) is 12.4 Å². The van der Waals surface area contributed by atoms with Gasteiger partial charge in [-0.2, -0.15) is 0 Å². The van der Waals surface area contributed by atoms with E-state index in [1.807, 2.05) is 24.3 Å². The van der Waals surface area contributed by atoms with Gasteiger partial charge < -0.3 is 9.47 Å². The molecule has 0 N–H and O–H groups in total. The van der Waals surface area contributed by atoms with Crippen LogP contribution < -0.4 is 4.74 Å². The lowest BCUT2D eigenvalue weighted by molar-refractivity contribution is -0.103. The molecule has 0 amide bonds. The third-order valence-electron chi connectivity index (χ3n) is 3.37. The molecule has 0 spiro atoms. The van der Waals surface area contributed by atoms with Crippen LogP contribution in [-0.2, 0) is 9.53 Å². The van der Waals surface area contributed by atoms with Gasteiger partial charge in [-0.1, -0.05) is 40.2 Å². The molecule has 0 saturated carbocycles. The summed E-state index contributed by atoms with van der Waals surface area (Å²) in [5.74, 6) is 1.16. The van der Waals surface area contributed by atoms with Crippen molar-refractivity contribution in [2.45, 2.75) is 0 Å². The van der Waals surface area contributed by atoms with Gasteiger partial charge in [-0.25, -0.2) is 4.39 Å². The second-order valence-corrected chi connectivity index (χ2v) is 5.29. The van der Waals surface area contributed by atoms with E-state index in [2.05, 4.69) is 15.9 Å². The fourth-order valence-electron chi connectivity index (χ4n) is 2.28. The van der Waals surface area contributed by atoms with E-state index < -0.39 is 0 Å². The molecule has 1 aliphatic rings. The standard InChI is InChI=1S/C18H12BrFO3/c19-9-14-11-22-17-4-2-1-3-15(17)18(23-14)16(10-21)12-5-7-13(20)8-6-12/h1-10H,11H2/b14-9-,18-16-. The van der Waals surface area contributed by atoms with E-state index in [0.29, 0.717) is 40.3 Å². The maximum absolute atomic E-state index is 13.1. The van der Waals surface area contributed by atoms with Crippen LogP contribution in [0, 0.1) is 5.82 Å². The Morgan fingerprint density at radius 2 is 1.87 bits per heavy atom. The number of rotatable bonds is 2. The van der Waals surface area contributed by atoms with Crippen LogP contribution in [0.1, 0.15) is 11.1 Å². The van der Waals surface area contributed by atoms with Gasteiger partial charge in [0.25, 0.3) is 0 Å². The van der Waals surface area contributed by atoms with E-state index in [4.69, 9.17) is 9.47 Å². The zero-order valence-electron chi connectivity index (χ0n) is 12.0. The summed E-state index contributed by atoms with van der Waals surface area (Å²) in [6, 6.07) is 13.0. The Morgan fingerprint density at radius 3 is 2.57 bits per heavy atom. The van der Waals surface area contributed by atoms with Gasteiger partial charge in [-0.05, 0) is 29.8 Å². The summed E-state index contributed by atoms with van der Waals surface area (Å²) in [4.78, 5) is 13.3. The number of halogens is 2. The van der Waals surface area contributed by atoms with Crippen molar-refractivity contribution in [3.05, 3.63) is 76.2 Å². The highest BCUT2D eigenvalue weighted by molar-refractivity contribution is 9.11. The third kappa shape index (κ3) is 3.19. The normalized spacial score (nSPS) is 17.6. The average Bonchev–Trinajstić information content (AvgIpc) is 2.77. The van der Waals surface area contributed by atoms with Crippen molar-refractivity contribution in [3.63, 3.8) is 0 Å². The number of hydrogen-bond acceptors (Lipinski definition) is 3. The molecule has 3 nitrogen and oxygen atoms in total. The van der Waals surface area contributed by atoms with Gasteiger partial charge in [0.15, 0.2) is 6.29 Å². The number of fused-ring (bicyclic) bond motifs is 1. The quantitative estimate of drug-likeness (QED) is 0.571. The molecule has 0 aliphatic carbocycles. The predicted octanol–water partition coefficient (Wildman–Crippen LogP) is 4.54. The topological polar surface area (TPSA) is 35.5 Å². The van der Waals surface area contributed by atoms with Crippen LogP contribution in [0.5, 0.6) is 5.75 Å². The first-order valence-corrected chi connectivity index (χ1v) is 7.79. The number of allylic oxidation sites excluding steroid dienone is 1. The minimum absolute atomic E-state index is 0.237. The van der Waals surface area contributed by atoms with E-state index in [1.165, 1.54) is 12.1 Å². The fourth-order valence-corrected chi connectivity index (χ4v) is 2.51. The van der Waals surface area contributed by atoms with Crippen molar-refractivity contribution in [1.29, 1.82) is 0 Å². The molecule has 3 rings (SSSR count). The Bertz CT molecular complexity index is 794. The van der Waals surface area contributed by atoms with Crippen LogP contribution >= 0.6 is 15.9 Å². The Kier molecular flexibility index (Phi) is 4.57. The van der Waals surface area contributed by atoms with Crippen molar-refractivity contribution >= 4 is 33.5 Å². The van der Waals surface area contributed by atoms with Crippen molar-refractivity contribution in [3.8, 4) is 5.75 Å². The first-order valence-electron chi connectivity index (χ1n) is 6.87. The highest BCUT2D eigenvalue weighted by atomic mass is 79.9. The molecule has 0 fully saturated rings. The van der Waals surface area contributed by atoms with E-state index >= 15 is 0 Å². The summed E-state index contributed by atoms with van der Waals surface area (Å²) in [6.45, 7) is 0.237. The van der Waals surface area contributed by atoms with E-state index in [0.717, 1.165) is 0 Å². The minimum atomic E-state index is -0.365. The van der Waals surface area contributed by atoms with E-state index in [1.54, 1.807) is 17.1 Å². The third-order valence-corrected chi connectivity index (χ3v) is 3.88. The Balaban J connectivity index is 2.23. The summed E-state index contributed by atoms with van der Waals surface area (Å²) in [7, 11) is 0. The zero-order chi connectivity index (χ0) is 16.2. The van der Waals surface area contributed by atoms with Crippen LogP contribution in [0.3, 0.4) is 0 Å². The molecule has 2 aromatic rings. The first kappa shape index (κ1) is 15.5. The molecule has 0 unspecified atom stereocenters. The number of ether oxygens (including phenoxy) is 2. The molecule has 23 heavy (non-hydrogen) atoms. The lowest BCUT2D eigenvalue weighted by Crippen LogP contribution is -2.00. The number of aldehydes is 1. The van der Waals surface area contributed by atoms with Crippen molar-refractivity contribution in [1.82, 2.24) is 0 Å². The number of carbonyl (C=O) groups is 1. The van der Waals surface area contributed by atoms with Crippen molar-refractivity contribution < 1.29 is 18.7 Å². The molecule has 0 radical (unpaired) electrons. The molecular weight excluding hydrogens is 363 g/mol. The second kappa shape index (κ2) is 6.79. The maximum Gasteiger partial charge on any atom is 0.154 e. The first-order chi connectivity index (χ1) is 11.2. The molecule has 1 aliphatic heterocycles. The number of para-hydroxylation sites is 1. The summed E-state index contributed by atoms with van der Waals surface area (Å²) >= 11 is 3.23. The average molecular weight is 375 g/mol. The van der Waals surface area contributed by atoms with Crippen LogP contribution in [-0.4, -0.2) is 12.9 Å². The molecule has 116 valence electrons. The van der Waals surface area contributed by atoms with Crippen molar-refractivity contribution in [2.24, 2.45) is 0 Å². The molecular formula is C18H12BrFO3. The highest BCUT2D eigenvalue weighted by Crippen LogP contribution is 2.36. The minimum Gasteiger partial charge on any atom is -0.485 e. The van der Waals surface area contributed by atoms with Gasteiger partial charge >= 0.3 is 0 Å². The molecule has 0 aromatic heterocycles. The van der Waals surface area contributed by atoms with Crippen LogP contribution in [0.15, 0.2) is 59.3 Å². The second-order valence-electron chi connectivity index (χ2n) is 4.83. The van der Waals surface area contributed by atoms with Gasteiger partial charge in [0.2, 0.25) is 0 Å². The Morgan fingerprint density at radius 1 is 1.13 bits per heavy atom. The highest BCUT2D eigenvalue weighted by Gasteiger charge is 2.22. The van der Waals surface area contributed by atoms with Crippen LogP contribution in [0.4, 0.5) is 4.39 Å². The zero-order valence-corrected chi connectivity index (χ0v) is 13.5. The monoisotopic (exact) mass is 374 g/mol. The van der Waals surface area contributed by atoms with Gasteiger partial charge in [-0.3, -0.25) is 4.79 Å². The van der Waals surface area contributed by atoms with Gasteiger partial charge in [0, 0.05) is 4.99 Å².